The number of ether oxygens (including phenoxy) is 1. The summed E-state index contributed by atoms with van der Waals surface area (Å²) in [5.41, 5.74) is 1.35. The normalized spacial score (nSPS) is 16.1. The number of anilines is 2. The highest BCUT2D eigenvalue weighted by Gasteiger charge is 2.28. The smallest absolute Gasteiger partial charge is 0.238 e. The molecule has 1 aliphatic heterocycles. The summed E-state index contributed by atoms with van der Waals surface area (Å²) in [6.07, 6.45) is 0.0779. The highest BCUT2D eigenvalue weighted by Crippen LogP contribution is 2.36. The number of hydrogen-bond acceptors (Lipinski definition) is 4. The van der Waals surface area contributed by atoms with Crippen LogP contribution >= 0.6 is 23.4 Å². The molecule has 0 aliphatic carbocycles. The quantitative estimate of drug-likeness (QED) is 0.868. The summed E-state index contributed by atoms with van der Waals surface area (Å²) < 4.78 is 5.07. The minimum atomic E-state index is -0.464. The zero-order valence-corrected chi connectivity index (χ0v) is 14.4. The van der Waals surface area contributed by atoms with Gasteiger partial charge in [0.2, 0.25) is 11.8 Å². The van der Waals surface area contributed by atoms with Crippen molar-refractivity contribution in [1.29, 1.82) is 0 Å². The van der Waals surface area contributed by atoms with E-state index in [0.29, 0.717) is 16.5 Å². The second kappa shape index (κ2) is 7.15. The number of hydrogen-bond donors (Lipinski definition) is 2. The Hall–Kier alpha value is -2.18. The standard InChI is InChI=1S/C17H15ClN2O3S/c1-23-13-7-6-10(8-11(13)18)19-16(21)9-15-17(22)20-12-4-2-3-5-14(12)24-15/h2-8,15H,9H2,1H3,(H,19,21)(H,20,22)/t15-/m0/s1. The topological polar surface area (TPSA) is 67.4 Å². The summed E-state index contributed by atoms with van der Waals surface area (Å²) in [6, 6.07) is 12.5. The van der Waals surface area contributed by atoms with Gasteiger partial charge in [0.1, 0.15) is 5.75 Å². The largest absolute Gasteiger partial charge is 0.495 e. The summed E-state index contributed by atoms with van der Waals surface area (Å²) in [5, 5.41) is 5.53. The Balaban J connectivity index is 1.65. The lowest BCUT2D eigenvalue weighted by molar-refractivity contribution is -0.120. The fourth-order valence-electron chi connectivity index (χ4n) is 2.35. The average Bonchev–Trinajstić information content (AvgIpc) is 2.55. The van der Waals surface area contributed by atoms with Gasteiger partial charge in [-0.15, -0.1) is 11.8 Å². The van der Waals surface area contributed by atoms with Gasteiger partial charge in [-0.3, -0.25) is 9.59 Å². The molecule has 0 spiro atoms. The monoisotopic (exact) mass is 362 g/mol. The first-order chi connectivity index (χ1) is 11.6. The van der Waals surface area contributed by atoms with Crippen molar-refractivity contribution in [2.45, 2.75) is 16.6 Å². The van der Waals surface area contributed by atoms with Crippen molar-refractivity contribution in [3.8, 4) is 5.75 Å². The van der Waals surface area contributed by atoms with Crippen molar-refractivity contribution in [1.82, 2.24) is 0 Å². The Morgan fingerprint density at radius 1 is 1.33 bits per heavy atom. The third-order valence-electron chi connectivity index (χ3n) is 3.51. The molecule has 124 valence electrons. The van der Waals surface area contributed by atoms with Gasteiger partial charge >= 0.3 is 0 Å². The fraction of sp³-hybridized carbons (Fsp3) is 0.176. The van der Waals surface area contributed by atoms with Crippen LogP contribution in [0.15, 0.2) is 47.4 Å². The molecule has 3 rings (SSSR count). The van der Waals surface area contributed by atoms with Gasteiger partial charge in [-0.1, -0.05) is 23.7 Å². The predicted molar refractivity (Wildman–Crippen MR) is 96.0 cm³/mol. The summed E-state index contributed by atoms with van der Waals surface area (Å²) in [5.74, 6) is 0.123. The minimum Gasteiger partial charge on any atom is -0.495 e. The molecule has 2 aromatic carbocycles. The maximum absolute atomic E-state index is 12.2. The van der Waals surface area contributed by atoms with Crippen LogP contribution in [0.5, 0.6) is 5.75 Å². The third kappa shape index (κ3) is 3.66. The molecular formula is C17H15ClN2O3S. The van der Waals surface area contributed by atoms with Gasteiger partial charge in [-0.25, -0.2) is 0 Å². The van der Waals surface area contributed by atoms with Crippen LogP contribution in [0.2, 0.25) is 5.02 Å². The molecular weight excluding hydrogens is 348 g/mol. The highest BCUT2D eigenvalue weighted by molar-refractivity contribution is 8.01. The summed E-state index contributed by atoms with van der Waals surface area (Å²) >= 11 is 7.43. The van der Waals surface area contributed by atoms with E-state index < -0.39 is 5.25 Å². The van der Waals surface area contributed by atoms with E-state index in [-0.39, 0.29) is 18.2 Å². The number of benzene rings is 2. The number of carbonyl (C=O) groups excluding carboxylic acids is 2. The van der Waals surface area contributed by atoms with Crippen LogP contribution in [-0.2, 0) is 9.59 Å². The van der Waals surface area contributed by atoms with Crippen molar-refractivity contribution in [2.24, 2.45) is 0 Å². The van der Waals surface area contributed by atoms with Crippen molar-refractivity contribution in [2.75, 3.05) is 17.7 Å². The Kier molecular flexibility index (Phi) is 4.97. The molecule has 1 atom stereocenters. The minimum absolute atomic E-state index is 0.0779. The lowest BCUT2D eigenvalue weighted by Gasteiger charge is -2.23. The molecule has 0 bridgehead atoms. The molecule has 0 unspecified atom stereocenters. The lowest BCUT2D eigenvalue weighted by Crippen LogP contribution is -2.32. The second-order valence-electron chi connectivity index (χ2n) is 5.19. The van der Waals surface area contributed by atoms with Crippen LogP contribution in [0, 0.1) is 0 Å². The molecule has 0 fully saturated rings. The number of amides is 2. The SMILES string of the molecule is COc1ccc(NC(=O)C[C@@H]2Sc3ccccc3NC2=O)cc1Cl. The molecule has 2 amide bonds. The Labute approximate surface area is 148 Å². The number of carbonyl (C=O) groups is 2. The van der Waals surface area contributed by atoms with Gasteiger partial charge in [-0.2, -0.15) is 0 Å². The number of methoxy groups -OCH3 is 1. The van der Waals surface area contributed by atoms with Crippen molar-refractivity contribution in [3.05, 3.63) is 47.5 Å². The zero-order chi connectivity index (χ0) is 17.1. The van der Waals surface area contributed by atoms with E-state index in [9.17, 15) is 9.59 Å². The van der Waals surface area contributed by atoms with Crippen molar-refractivity contribution >= 4 is 46.6 Å². The maximum atomic E-state index is 12.2. The molecule has 0 radical (unpaired) electrons. The molecule has 1 heterocycles. The number of thioether (sulfide) groups is 1. The number of fused-ring (bicyclic) bond motifs is 1. The first kappa shape index (κ1) is 16.7. The van der Waals surface area contributed by atoms with Crippen molar-refractivity contribution in [3.63, 3.8) is 0 Å². The Bertz CT molecular complexity index is 797. The molecule has 5 nitrogen and oxygen atoms in total. The van der Waals surface area contributed by atoms with Crippen LogP contribution in [0.4, 0.5) is 11.4 Å². The van der Waals surface area contributed by atoms with Gasteiger partial charge in [-0.05, 0) is 30.3 Å². The molecule has 1 aliphatic rings. The van der Waals surface area contributed by atoms with Crippen LogP contribution < -0.4 is 15.4 Å². The van der Waals surface area contributed by atoms with Crippen molar-refractivity contribution < 1.29 is 14.3 Å². The Morgan fingerprint density at radius 2 is 2.12 bits per heavy atom. The van der Waals surface area contributed by atoms with Gasteiger partial charge in [0.25, 0.3) is 0 Å². The van der Waals surface area contributed by atoms with E-state index in [1.165, 1.54) is 18.9 Å². The summed E-state index contributed by atoms with van der Waals surface area (Å²) in [6.45, 7) is 0. The average molecular weight is 363 g/mol. The van der Waals surface area contributed by atoms with E-state index in [4.69, 9.17) is 16.3 Å². The van der Waals surface area contributed by atoms with E-state index in [0.717, 1.165) is 10.6 Å². The zero-order valence-electron chi connectivity index (χ0n) is 12.8. The second-order valence-corrected chi connectivity index (χ2v) is 6.85. The molecule has 0 saturated carbocycles. The first-order valence-corrected chi connectivity index (χ1v) is 8.52. The number of para-hydroxylation sites is 1. The number of nitrogens with one attached hydrogen (secondary N) is 2. The third-order valence-corrected chi connectivity index (χ3v) is 5.08. The lowest BCUT2D eigenvalue weighted by atomic mass is 10.2. The van der Waals surface area contributed by atoms with Crippen LogP contribution in [0.3, 0.4) is 0 Å². The Morgan fingerprint density at radius 3 is 2.88 bits per heavy atom. The van der Waals surface area contributed by atoms with Gasteiger partial charge in [0.05, 0.1) is 23.1 Å². The van der Waals surface area contributed by atoms with E-state index >= 15 is 0 Å². The number of rotatable bonds is 4. The van der Waals surface area contributed by atoms with Gasteiger partial charge in [0, 0.05) is 17.0 Å². The molecule has 0 aromatic heterocycles. The molecule has 7 heteroatoms. The van der Waals surface area contributed by atoms with Crippen LogP contribution in [0.1, 0.15) is 6.42 Å². The van der Waals surface area contributed by atoms with E-state index in [1.54, 1.807) is 18.2 Å². The predicted octanol–water partition coefficient (Wildman–Crippen LogP) is 3.79. The van der Waals surface area contributed by atoms with E-state index in [2.05, 4.69) is 10.6 Å². The summed E-state index contributed by atoms with van der Waals surface area (Å²) in [4.78, 5) is 25.3. The fourth-order valence-corrected chi connectivity index (χ4v) is 3.72. The van der Waals surface area contributed by atoms with Gasteiger partial charge in [0.15, 0.2) is 0 Å². The van der Waals surface area contributed by atoms with E-state index in [1.807, 2.05) is 24.3 Å². The summed E-state index contributed by atoms with van der Waals surface area (Å²) in [7, 11) is 1.52. The van der Waals surface area contributed by atoms with Crippen LogP contribution in [0.25, 0.3) is 0 Å². The molecule has 2 N–H and O–H groups in total. The highest BCUT2D eigenvalue weighted by atomic mass is 35.5. The molecule has 24 heavy (non-hydrogen) atoms. The molecule has 0 saturated heterocycles. The number of halogens is 1. The van der Waals surface area contributed by atoms with Crippen LogP contribution in [-0.4, -0.2) is 24.2 Å². The van der Waals surface area contributed by atoms with Gasteiger partial charge < -0.3 is 15.4 Å². The maximum Gasteiger partial charge on any atom is 0.238 e. The first-order valence-electron chi connectivity index (χ1n) is 7.27. The molecule has 2 aromatic rings.